The number of halogens is 2. The quantitative estimate of drug-likeness (QED) is 0.837. The summed E-state index contributed by atoms with van der Waals surface area (Å²) < 4.78 is 19.5. The summed E-state index contributed by atoms with van der Waals surface area (Å²) in [7, 11) is 2.17. The van der Waals surface area contributed by atoms with Gasteiger partial charge in [0.2, 0.25) is 0 Å². The van der Waals surface area contributed by atoms with Crippen LogP contribution in [0.3, 0.4) is 0 Å². The van der Waals surface area contributed by atoms with E-state index < -0.39 is 0 Å². The minimum atomic E-state index is -0.261. The van der Waals surface area contributed by atoms with Crippen LogP contribution >= 0.6 is 15.9 Å². The zero-order chi connectivity index (χ0) is 13.0. The van der Waals surface area contributed by atoms with Gasteiger partial charge in [-0.2, -0.15) is 0 Å². The van der Waals surface area contributed by atoms with E-state index in [0.29, 0.717) is 18.4 Å². The summed E-state index contributed by atoms with van der Waals surface area (Å²) >= 11 is 3.37. The third-order valence-electron chi connectivity index (χ3n) is 3.52. The molecule has 1 aromatic carbocycles. The molecule has 0 aromatic heterocycles. The van der Waals surface area contributed by atoms with Gasteiger partial charge in [-0.1, -0.05) is 6.42 Å². The van der Waals surface area contributed by atoms with E-state index in [1.54, 1.807) is 6.07 Å². The monoisotopic (exact) mass is 315 g/mol. The van der Waals surface area contributed by atoms with E-state index in [0.717, 1.165) is 10.9 Å². The lowest BCUT2D eigenvalue weighted by atomic mass is 10.0. The second-order valence-corrected chi connectivity index (χ2v) is 5.70. The number of ether oxygens (including phenoxy) is 1. The average Bonchev–Trinajstić information content (AvgIpc) is 2.36. The van der Waals surface area contributed by atoms with Crippen LogP contribution in [0.1, 0.15) is 25.7 Å². The van der Waals surface area contributed by atoms with Crippen LogP contribution in [0.15, 0.2) is 22.7 Å². The largest absolute Gasteiger partial charge is 0.492 e. The standard InChI is InChI=1S/C14H19BrFNO/c1-17-8-3-2-4-12(17)7-9-18-14-10-11(16)5-6-13(14)15/h5-6,10,12H,2-4,7-9H2,1H3. The zero-order valence-corrected chi connectivity index (χ0v) is 12.2. The molecule has 1 atom stereocenters. The van der Waals surface area contributed by atoms with Gasteiger partial charge in [0.15, 0.2) is 0 Å². The van der Waals surface area contributed by atoms with Crippen molar-refractivity contribution in [3.8, 4) is 5.75 Å². The maximum Gasteiger partial charge on any atom is 0.136 e. The van der Waals surface area contributed by atoms with Crippen molar-refractivity contribution < 1.29 is 9.13 Å². The van der Waals surface area contributed by atoms with E-state index in [9.17, 15) is 4.39 Å². The Hall–Kier alpha value is -0.610. The smallest absolute Gasteiger partial charge is 0.136 e. The molecular formula is C14H19BrFNO. The molecule has 0 bridgehead atoms. The van der Waals surface area contributed by atoms with Crippen molar-refractivity contribution in [2.24, 2.45) is 0 Å². The molecule has 1 saturated heterocycles. The first kappa shape index (κ1) is 13.8. The van der Waals surface area contributed by atoms with Crippen molar-refractivity contribution in [3.63, 3.8) is 0 Å². The highest BCUT2D eigenvalue weighted by atomic mass is 79.9. The molecule has 2 rings (SSSR count). The number of nitrogens with zero attached hydrogens (tertiary/aromatic N) is 1. The van der Waals surface area contributed by atoms with E-state index in [1.165, 1.54) is 37.9 Å². The van der Waals surface area contributed by atoms with E-state index in [2.05, 4.69) is 27.9 Å². The summed E-state index contributed by atoms with van der Waals surface area (Å²) in [6, 6.07) is 5.13. The molecule has 1 fully saturated rings. The first-order valence-electron chi connectivity index (χ1n) is 6.45. The maximum absolute atomic E-state index is 13.1. The van der Waals surface area contributed by atoms with Crippen LogP contribution in [0.4, 0.5) is 4.39 Å². The molecule has 0 saturated carbocycles. The van der Waals surface area contributed by atoms with Crippen LogP contribution in [-0.2, 0) is 0 Å². The number of likely N-dealkylation sites (tertiary alicyclic amines) is 1. The van der Waals surface area contributed by atoms with Crippen LogP contribution in [0.5, 0.6) is 5.75 Å². The van der Waals surface area contributed by atoms with Crippen molar-refractivity contribution in [1.82, 2.24) is 4.90 Å². The molecule has 18 heavy (non-hydrogen) atoms. The Kier molecular flexibility index (Phi) is 5.01. The van der Waals surface area contributed by atoms with Crippen LogP contribution in [0.25, 0.3) is 0 Å². The molecule has 0 aliphatic carbocycles. The summed E-state index contributed by atoms with van der Waals surface area (Å²) in [5.74, 6) is 0.330. The van der Waals surface area contributed by atoms with E-state index in [-0.39, 0.29) is 5.82 Å². The molecule has 1 unspecified atom stereocenters. The Labute approximate surface area is 116 Å². The van der Waals surface area contributed by atoms with Crippen molar-refractivity contribution in [1.29, 1.82) is 0 Å². The molecule has 4 heteroatoms. The van der Waals surface area contributed by atoms with Gasteiger partial charge in [-0.3, -0.25) is 0 Å². The zero-order valence-electron chi connectivity index (χ0n) is 10.7. The Bertz CT molecular complexity index is 399. The molecule has 0 amide bonds. The van der Waals surface area contributed by atoms with Crippen LogP contribution in [-0.4, -0.2) is 31.1 Å². The minimum absolute atomic E-state index is 0.261. The summed E-state index contributed by atoms with van der Waals surface area (Å²) in [5.41, 5.74) is 0. The molecule has 1 aromatic rings. The van der Waals surface area contributed by atoms with Crippen LogP contribution < -0.4 is 4.74 Å². The van der Waals surface area contributed by atoms with Gasteiger partial charge in [-0.05, 0) is 60.9 Å². The second-order valence-electron chi connectivity index (χ2n) is 4.84. The normalized spacial score (nSPS) is 20.9. The van der Waals surface area contributed by atoms with Gasteiger partial charge in [-0.25, -0.2) is 4.39 Å². The molecule has 1 aliphatic rings. The highest BCUT2D eigenvalue weighted by Crippen LogP contribution is 2.26. The maximum atomic E-state index is 13.1. The molecule has 1 heterocycles. The van der Waals surface area contributed by atoms with Gasteiger partial charge in [0.05, 0.1) is 11.1 Å². The van der Waals surface area contributed by atoms with Gasteiger partial charge >= 0.3 is 0 Å². The van der Waals surface area contributed by atoms with Crippen LogP contribution in [0, 0.1) is 5.82 Å². The molecule has 100 valence electrons. The number of hydrogen-bond donors (Lipinski definition) is 0. The average molecular weight is 316 g/mol. The highest BCUT2D eigenvalue weighted by Gasteiger charge is 2.18. The second kappa shape index (κ2) is 6.53. The fourth-order valence-corrected chi connectivity index (χ4v) is 2.76. The molecular weight excluding hydrogens is 297 g/mol. The fraction of sp³-hybridized carbons (Fsp3) is 0.571. The number of benzene rings is 1. The van der Waals surface area contributed by atoms with Crippen molar-refractivity contribution in [3.05, 3.63) is 28.5 Å². The summed E-state index contributed by atoms with van der Waals surface area (Å²) in [6.45, 7) is 1.81. The predicted octanol–water partition coefficient (Wildman–Crippen LogP) is 3.84. The van der Waals surface area contributed by atoms with Gasteiger partial charge in [0.25, 0.3) is 0 Å². The van der Waals surface area contributed by atoms with Crippen LogP contribution in [0.2, 0.25) is 0 Å². The molecule has 2 nitrogen and oxygen atoms in total. The van der Waals surface area contributed by atoms with Crippen molar-refractivity contribution >= 4 is 15.9 Å². The summed E-state index contributed by atoms with van der Waals surface area (Å²) in [4.78, 5) is 2.40. The Morgan fingerprint density at radius 2 is 2.28 bits per heavy atom. The lowest BCUT2D eigenvalue weighted by Crippen LogP contribution is -2.37. The first-order chi connectivity index (χ1) is 8.66. The molecule has 0 radical (unpaired) electrons. The first-order valence-corrected chi connectivity index (χ1v) is 7.24. The van der Waals surface area contributed by atoms with E-state index >= 15 is 0 Å². The highest BCUT2D eigenvalue weighted by molar-refractivity contribution is 9.10. The molecule has 0 N–H and O–H groups in total. The Morgan fingerprint density at radius 3 is 3.06 bits per heavy atom. The lowest BCUT2D eigenvalue weighted by Gasteiger charge is -2.32. The lowest BCUT2D eigenvalue weighted by molar-refractivity contribution is 0.153. The summed E-state index contributed by atoms with van der Waals surface area (Å²) in [5, 5.41) is 0. The van der Waals surface area contributed by atoms with Gasteiger partial charge < -0.3 is 9.64 Å². The Morgan fingerprint density at radius 1 is 1.44 bits per heavy atom. The third-order valence-corrected chi connectivity index (χ3v) is 4.18. The van der Waals surface area contributed by atoms with Gasteiger partial charge in [-0.15, -0.1) is 0 Å². The van der Waals surface area contributed by atoms with Crippen molar-refractivity contribution in [2.75, 3.05) is 20.2 Å². The molecule has 1 aliphatic heterocycles. The fourth-order valence-electron chi connectivity index (χ4n) is 2.40. The SMILES string of the molecule is CN1CCCCC1CCOc1cc(F)ccc1Br. The topological polar surface area (TPSA) is 12.5 Å². The number of rotatable bonds is 4. The summed E-state index contributed by atoms with van der Waals surface area (Å²) in [6.07, 6.45) is 4.84. The number of hydrogen-bond acceptors (Lipinski definition) is 2. The van der Waals surface area contributed by atoms with E-state index in [1.807, 2.05) is 0 Å². The van der Waals surface area contributed by atoms with Gasteiger partial charge in [0.1, 0.15) is 11.6 Å². The van der Waals surface area contributed by atoms with Crippen molar-refractivity contribution in [2.45, 2.75) is 31.7 Å². The predicted molar refractivity (Wildman–Crippen MR) is 74.5 cm³/mol. The minimum Gasteiger partial charge on any atom is -0.492 e. The Balaban J connectivity index is 1.82. The molecule has 0 spiro atoms. The number of piperidine rings is 1. The van der Waals surface area contributed by atoms with E-state index in [4.69, 9.17) is 4.74 Å². The van der Waals surface area contributed by atoms with Gasteiger partial charge in [0, 0.05) is 12.1 Å². The third kappa shape index (κ3) is 3.69.